The van der Waals surface area contributed by atoms with Gasteiger partial charge in [0, 0.05) is 37.6 Å². The minimum Gasteiger partial charge on any atom is -0.369 e. The van der Waals surface area contributed by atoms with Gasteiger partial charge < -0.3 is 10.2 Å². The molecule has 0 radical (unpaired) electrons. The van der Waals surface area contributed by atoms with Gasteiger partial charge in [0.25, 0.3) is 5.91 Å². The van der Waals surface area contributed by atoms with Crippen LogP contribution in [0.2, 0.25) is 0 Å². The fourth-order valence-corrected chi connectivity index (χ4v) is 6.36. The van der Waals surface area contributed by atoms with Crippen LogP contribution in [-0.4, -0.2) is 44.8 Å². The molecule has 6 nitrogen and oxygen atoms in total. The van der Waals surface area contributed by atoms with Crippen molar-refractivity contribution < 1.29 is 13.2 Å². The molecule has 2 heterocycles. The molecule has 1 amide bonds. The molecule has 3 aromatic rings. The number of nitrogens with one attached hydrogen (secondary N) is 1. The van der Waals surface area contributed by atoms with Gasteiger partial charge in [0.1, 0.15) is 9.77 Å². The zero-order chi connectivity index (χ0) is 21.8. The zero-order valence-electron chi connectivity index (χ0n) is 17.3. The molecule has 31 heavy (non-hydrogen) atoms. The van der Waals surface area contributed by atoms with Gasteiger partial charge in [0.2, 0.25) is 10.0 Å². The predicted molar refractivity (Wildman–Crippen MR) is 126 cm³/mol. The van der Waals surface area contributed by atoms with E-state index in [1.54, 1.807) is 5.38 Å². The maximum atomic E-state index is 13.3. The Morgan fingerprint density at radius 2 is 1.65 bits per heavy atom. The van der Waals surface area contributed by atoms with Crippen molar-refractivity contribution in [1.29, 1.82) is 0 Å². The average molecular weight is 456 g/mol. The van der Waals surface area contributed by atoms with E-state index >= 15 is 0 Å². The first-order valence-corrected chi connectivity index (χ1v) is 12.6. The molecule has 0 unspecified atom stereocenters. The molecular formula is C23H25N3O3S2. The number of aryl methyl sites for hydroxylation is 1. The third-order valence-corrected chi connectivity index (χ3v) is 8.42. The Hall–Kier alpha value is -2.68. The summed E-state index contributed by atoms with van der Waals surface area (Å²) in [4.78, 5) is 15.3. The Kier molecular flexibility index (Phi) is 6.41. The molecule has 4 rings (SSSR count). The van der Waals surface area contributed by atoms with E-state index in [2.05, 4.69) is 17.1 Å². The topological polar surface area (TPSA) is 69.7 Å². The SMILES string of the molecule is CCc1ccc(NC(=O)c2sccc2S(=O)(=O)N2CCN(c3ccccc3)CC2)cc1. The van der Waals surface area contributed by atoms with Crippen LogP contribution in [0, 0.1) is 0 Å². The lowest BCUT2D eigenvalue weighted by Crippen LogP contribution is -2.48. The lowest BCUT2D eigenvalue weighted by molar-refractivity contribution is 0.102. The van der Waals surface area contributed by atoms with E-state index in [-0.39, 0.29) is 9.77 Å². The highest BCUT2D eigenvalue weighted by molar-refractivity contribution is 7.89. The van der Waals surface area contributed by atoms with Crippen molar-refractivity contribution in [2.75, 3.05) is 36.4 Å². The Balaban J connectivity index is 1.47. The first-order chi connectivity index (χ1) is 15.0. The van der Waals surface area contributed by atoms with Crippen molar-refractivity contribution in [2.24, 2.45) is 0 Å². The average Bonchev–Trinajstić information content (AvgIpc) is 3.31. The number of hydrogen-bond acceptors (Lipinski definition) is 5. The number of thiophene rings is 1. The van der Waals surface area contributed by atoms with Crippen LogP contribution in [0.25, 0.3) is 0 Å². The largest absolute Gasteiger partial charge is 0.369 e. The van der Waals surface area contributed by atoms with Crippen molar-refractivity contribution >= 4 is 38.6 Å². The minimum atomic E-state index is -3.75. The van der Waals surface area contributed by atoms with Gasteiger partial charge in [-0.3, -0.25) is 4.79 Å². The molecule has 2 aromatic carbocycles. The van der Waals surface area contributed by atoms with Gasteiger partial charge in [0.05, 0.1) is 0 Å². The molecule has 0 aliphatic carbocycles. The molecule has 1 aliphatic rings. The Morgan fingerprint density at radius 1 is 0.968 bits per heavy atom. The quantitative estimate of drug-likeness (QED) is 0.608. The number of anilines is 2. The van der Waals surface area contributed by atoms with E-state index in [1.165, 1.54) is 15.9 Å². The number of carbonyl (C=O) groups excluding carboxylic acids is 1. The highest BCUT2D eigenvalue weighted by atomic mass is 32.2. The zero-order valence-corrected chi connectivity index (χ0v) is 19.0. The number of nitrogens with zero attached hydrogens (tertiary/aromatic N) is 2. The summed E-state index contributed by atoms with van der Waals surface area (Å²) in [5.41, 5.74) is 2.91. The number of rotatable bonds is 6. The molecule has 1 aromatic heterocycles. The molecule has 1 aliphatic heterocycles. The number of sulfonamides is 1. The second kappa shape index (κ2) is 9.21. The summed E-state index contributed by atoms with van der Waals surface area (Å²) in [6, 6.07) is 19.1. The fraction of sp³-hybridized carbons (Fsp3) is 0.261. The number of amides is 1. The number of hydrogen-bond donors (Lipinski definition) is 1. The second-order valence-corrected chi connectivity index (χ2v) is 10.2. The standard InChI is InChI=1S/C23H25N3O3S2/c1-2-18-8-10-19(11-9-18)24-23(27)22-21(12-17-30-22)31(28,29)26-15-13-25(14-16-26)20-6-4-3-5-7-20/h3-12,17H,2,13-16H2,1H3,(H,24,27). The van der Waals surface area contributed by atoms with Crippen LogP contribution in [-0.2, 0) is 16.4 Å². The molecule has 1 saturated heterocycles. The summed E-state index contributed by atoms with van der Waals surface area (Å²) >= 11 is 1.14. The molecule has 1 fully saturated rings. The van der Waals surface area contributed by atoms with E-state index < -0.39 is 15.9 Å². The summed E-state index contributed by atoms with van der Waals surface area (Å²) < 4.78 is 28.0. The van der Waals surface area contributed by atoms with E-state index in [4.69, 9.17) is 0 Å². The van der Waals surface area contributed by atoms with Crippen LogP contribution in [0.4, 0.5) is 11.4 Å². The molecule has 1 N–H and O–H groups in total. The monoisotopic (exact) mass is 455 g/mol. The highest BCUT2D eigenvalue weighted by Crippen LogP contribution is 2.28. The van der Waals surface area contributed by atoms with E-state index in [1.807, 2.05) is 54.6 Å². The minimum absolute atomic E-state index is 0.0772. The fourth-order valence-electron chi connectivity index (χ4n) is 3.64. The molecule has 0 spiro atoms. The van der Waals surface area contributed by atoms with E-state index in [0.29, 0.717) is 31.9 Å². The molecule has 8 heteroatoms. The smallest absolute Gasteiger partial charge is 0.267 e. The summed E-state index contributed by atoms with van der Waals surface area (Å²) in [6.07, 6.45) is 0.916. The highest BCUT2D eigenvalue weighted by Gasteiger charge is 2.32. The van der Waals surface area contributed by atoms with Gasteiger partial charge >= 0.3 is 0 Å². The molecule has 162 valence electrons. The normalized spacial score (nSPS) is 15.1. The number of piperazine rings is 1. The van der Waals surface area contributed by atoms with Crippen LogP contribution >= 0.6 is 11.3 Å². The molecular weight excluding hydrogens is 430 g/mol. The van der Waals surface area contributed by atoms with Crippen molar-refractivity contribution in [1.82, 2.24) is 4.31 Å². The lowest BCUT2D eigenvalue weighted by atomic mass is 10.1. The molecule has 0 atom stereocenters. The van der Waals surface area contributed by atoms with Crippen molar-refractivity contribution in [3.8, 4) is 0 Å². The van der Waals surface area contributed by atoms with Gasteiger partial charge in [-0.1, -0.05) is 37.3 Å². The van der Waals surface area contributed by atoms with Gasteiger partial charge in [-0.15, -0.1) is 11.3 Å². The van der Waals surface area contributed by atoms with Crippen LogP contribution in [0.3, 0.4) is 0 Å². The number of benzene rings is 2. The predicted octanol–water partition coefficient (Wildman–Crippen LogP) is 4.07. The van der Waals surface area contributed by atoms with Crippen molar-refractivity contribution in [2.45, 2.75) is 18.2 Å². The Morgan fingerprint density at radius 3 is 2.29 bits per heavy atom. The van der Waals surface area contributed by atoms with Gasteiger partial charge in [0.15, 0.2) is 0 Å². The first kappa shape index (κ1) is 21.5. The Bertz CT molecular complexity index is 1130. The number of carbonyl (C=O) groups is 1. The van der Waals surface area contributed by atoms with Crippen molar-refractivity contribution in [3.63, 3.8) is 0 Å². The van der Waals surface area contributed by atoms with Gasteiger partial charge in [-0.05, 0) is 47.7 Å². The maximum absolute atomic E-state index is 13.3. The molecule has 0 bridgehead atoms. The van der Waals surface area contributed by atoms with Crippen molar-refractivity contribution in [3.05, 3.63) is 76.5 Å². The first-order valence-electron chi connectivity index (χ1n) is 10.3. The van der Waals surface area contributed by atoms with E-state index in [0.717, 1.165) is 23.4 Å². The summed E-state index contributed by atoms with van der Waals surface area (Å²) in [6.45, 7) is 4.05. The summed E-state index contributed by atoms with van der Waals surface area (Å²) in [7, 11) is -3.75. The maximum Gasteiger partial charge on any atom is 0.267 e. The lowest BCUT2D eigenvalue weighted by Gasteiger charge is -2.35. The summed E-state index contributed by atoms with van der Waals surface area (Å²) in [5.74, 6) is -0.402. The van der Waals surface area contributed by atoms with Gasteiger partial charge in [-0.2, -0.15) is 4.31 Å². The van der Waals surface area contributed by atoms with Crippen LogP contribution < -0.4 is 10.2 Å². The second-order valence-electron chi connectivity index (χ2n) is 7.35. The van der Waals surface area contributed by atoms with Crippen LogP contribution in [0.15, 0.2) is 70.9 Å². The number of para-hydroxylation sites is 1. The van der Waals surface area contributed by atoms with Gasteiger partial charge in [-0.25, -0.2) is 8.42 Å². The van der Waals surface area contributed by atoms with Crippen LogP contribution in [0.5, 0.6) is 0 Å². The summed E-state index contributed by atoms with van der Waals surface area (Å²) in [5, 5.41) is 4.47. The Labute approximate surface area is 187 Å². The molecule has 0 saturated carbocycles. The third-order valence-electron chi connectivity index (χ3n) is 5.43. The van der Waals surface area contributed by atoms with E-state index in [9.17, 15) is 13.2 Å². The van der Waals surface area contributed by atoms with Crippen LogP contribution in [0.1, 0.15) is 22.2 Å². The third kappa shape index (κ3) is 4.66.